The van der Waals surface area contributed by atoms with E-state index >= 15 is 0 Å². The van der Waals surface area contributed by atoms with E-state index in [0.717, 1.165) is 28.1 Å². The highest BCUT2D eigenvalue weighted by Crippen LogP contribution is 2.30. The molecule has 0 saturated heterocycles. The zero-order chi connectivity index (χ0) is 18.1. The van der Waals surface area contributed by atoms with Crippen LogP contribution in [0.1, 0.15) is 22.4 Å². The van der Waals surface area contributed by atoms with Crippen molar-refractivity contribution in [3.63, 3.8) is 0 Å². The van der Waals surface area contributed by atoms with Crippen LogP contribution in [-0.4, -0.2) is 26.1 Å². The van der Waals surface area contributed by atoms with E-state index in [4.69, 9.17) is 0 Å². The Kier molecular flexibility index (Phi) is 4.26. The molecule has 0 saturated carbocycles. The van der Waals surface area contributed by atoms with Gasteiger partial charge in [-0.15, -0.1) is 0 Å². The Bertz CT molecular complexity index is 967. The summed E-state index contributed by atoms with van der Waals surface area (Å²) < 4.78 is 13.9. The Hall–Kier alpha value is -2.99. The van der Waals surface area contributed by atoms with Crippen LogP contribution >= 0.6 is 0 Å². The molecule has 0 unspecified atom stereocenters. The van der Waals surface area contributed by atoms with Gasteiger partial charge in [0.25, 0.3) is 0 Å². The summed E-state index contributed by atoms with van der Waals surface area (Å²) in [4.78, 5) is 14.2. The van der Waals surface area contributed by atoms with Crippen molar-refractivity contribution in [2.24, 2.45) is 0 Å². The lowest BCUT2D eigenvalue weighted by atomic mass is 9.98. The highest BCUT2D eigenvalue weighted by atomic mass is 19.1. The molecule has 4 rings (SSSR count). The lowest BCUT2D eigenvalue weighted by Crippen LogP contribution is -2.35. The fourth-order valence-electron chi connectivity index (χ4n) is 3.30. The lowest BCUT2D eigenvalue weighted by molar-refractivity contribution is -0.132. The normalized spacial score (nSPS) is 13.8. The molecule has 0 aliphatic carbocycles. The number of rotatable bonds is 4. The van der Waals surface area contributed by atoms with Crippen molar-refractivity contribution in [2.75, 3.05) is 0 Å². The van der Waals surface area contributed by atoms with E-state index in [1.807, 2.05) is 24.3 Å². The predicted octanol–water partition coefficient (Wildman–Crippen LogP) is 2.79. The van der Waals surface area contributed by atoms with Crippen LogP contribution in [0.15, 0.2) is 48.5 Å². The average molecular weight is 351 g/mol. The van der Waals surface area contributed by atoms with Crippen molar-refractivity contribution >= 4 is 5.91 Å². The number of aromatic amines is 1. The van der Waals surface area contributed by atoms with Crippen LogP contribution in [0.2, 0.25) is 0 Å². The van der Waals surface area contributed by atoms with Crippen LogP contribution in [-0.2, 0) is 30.9 Å². The Balaban J connectivity index is 1.61. The molecule has 0 fully saturated rings. The second-order valence-electron chi connectivity index (χ2n) is 6.41. The number of nitrogens with zero attached hydrogens (tertiary/aromatic N) is 2. The van der Waals surface area contributed by atoms with Crippen molar-refractivity contribution in [1.82, 2.24) is 15.1 Å². The van der Waals surface area contributed by atoms with Gasteiger partial charge in [0.2, 0.25) is 5.91 Å². The molecule has 1 amide bonds. The van der Waals surface area contributed by atoms with E-state index < -0.39 is 0 Å². The fraction of sp³-hybridized carbons (Fsp3) is 0.200. The molecule has 6 heteroatoms. The van der Waals surface area contributed by atoms with Gasteiger partial charge in [-0.3, -0.25) is 9.89 Å². The lowest BCUT2D eigenvalue weighted by Gasteiger charge is -2.27. The van der Waals surface area contributed by atoms with Gasteiger partial charge in [0.1, 0.15) is 5.82 Å². The molecule has 0 bridgehead atoms. The van der Waals surface area contributed by atoms with Crippen molar-refractivity contribution in [3.8, 4) is 11.3 Å². The third-order valence-corrected chi connectivity index (χ3v) is 4.68. The second-order valence-corrected chi connectivity index (χ2v) is 6.41. The van der Waals surface area contributed by atoms with Crippen molar-refractivity contribution in [1.29, 1.82) is 0 Å². The van der Waals surface area contributed by atoms with Gasteiger partial charge in [-0.2, -0.15) is 5.10 Å². The quantitative estimate of drug-likeness (QED) is 0.759. The first-order valence-electron chi connectivity index (χ1n) is 8.43. The number of hydrogen-bond donors (Lipinski definition) is 2. The number of nitrogens with one attached hydrogen (secondary N) is 1. The Morgan fingerprint density at radius 3 is 2.85 bits per heavy atom. The van der Waals surface area contributed by atoms with Crippen LogP contribution in [0.25, 0.3) is 11.3 Å². The summed E-state index contributed by atoms with van der Waals surface area (Å²) >= 11 is 0. The minimum atomic E-state index is -0.308. The van der Waals surface area contributed by atoms with Gasteiger partial charge < -0.3 is 10.0 Å². The largest absolute Gasteiger partial charge is 0.392 e. The molecule has 0 radical (unpaired) electrons. The second kappa shape index (κ2) is 6.72. The topological polar surface area (TPSA) is 69.2 Å². The third-order valence-electron chi connectivity index (χ3n) is 4.68. The van der Waals surface area contributed by atoms with E-state index in [9.17, 15) is 14.3 Å². The van der Waals surface area contributed by atoms with E-state index in [-0.39, 0.29) is 31.3 Å². The Morgan fingerprint density at radius 1 is 1.19 bits per heavy atom. The van der Waals surface area contributed by atoms with Crippen molar-refractivity contribution in [3.05, 3.63) is 76.7 Å². The van der Waals surface area contributed by atoms with Gasteiger partial charge in [0.05, 0.1) is 31.0 Å². The van der Waals surface area contributed by atoms with Gasteiger partial charge in [-0.25, -0.2) is 4.39 Å². The van der Waals surface area contributed by atoms with Crippen LogP contribution < -0.4 is 0 Å². The summed E-state index contributed by atoms with van der Waals surface area (Å²) in [7, 11) is 0. The molecule has 3 aromatic rings. The minimum Gasteiger partial charge on any atom is -0.392 e. The maximum atomic E-state index is 13.9. The molecule has 132 valence electrons. The van der Waals surface area contributed by atoms with Crippen LogP contribution in [0, 0.1) is 5.82 Å². The highest BCUT2D eigenvalue weighted by molar-refractivity contribution is 5.83. The number of hydrogen-bond acceptors (Lipinski definition) is 3. The number of benzene rings is 2. The van der Waals surface area contributed by atoms with Gasteiger partial charge >= 0.3 is 0 Å². The summed E-state index contributed by atoms with van der Waals surface area (Å²) in [6.07, 6.45) is 0.221. The smallest absolute Gasteiger partial charge is 0.227 e. The summed E-state index contributed by atoms with van der Waals surface area (Å²) in [6.45, 7) is 0.560. The number of fused-ring (bicyclic) bond motifs is 1. The zero-order valence-electron chi connectivity index (χ0n) is 14.1. The molecule has 2 aromatic carbocycles. The van der Waals surface area contributed by atoms with E-state index in [1.165, 1.54) is 6.07 Å². The molecule has 0 spiro atoms. The SMILES string of the molecule is O=C1Cc2c(-c3cccc(CO)c3)n[nH]c2CN1Cc1ccccc1F. The molecule has 1 aliphatic rings. The van der Waals surface area contributed by atoms with Gasteiger partial charge in [-0.1, -0.05) is 36.4 Å². The number of H-pyrrole nitrogens is 1. The first kappa shape index (κ1) is 16.5. The molecule has 1 aromatic heterocycles. The van der Waals surface area contributed by atoms with E-state index in [1.54, 1.807) is 23.1 Å². The molecular formula is C20H18FN3O2. The number of carbonyl (C=O) groups excluding carboxylic acids is 1. The monoisotopic (exact) mass is 351 g/mol. The number of amides is 1. The van der Waals surface area contributed by atoms with E-state index in [2.05, 4.69) is 10.2 Å². The van der Waals surface area contributed by atoms with Crippen LogP contribution in [0.4, 0.5) is 4.39 Å². The highest BCUT2D eigenvalue weighted by Gasteiger charge is 2.28. The zero-order valence-corrected chi connectivity index (χ0v) is 14.1. The van der Waals surface area contributed by atoms with Crippen molar-refractivity contribution in [2.45, 2.75) is 26.1 Å². The first-order chi connectivity index (χ1) is 12.7. The number of aliphatic hydroxyl groups excluding tert-OH is 1. The number of carbonyl (C=O) groups is 1. The summed E-state index contributed by atoms with van der Waals surface area (Å²) in [5.41, 5.74) is 4.63. The van der Waals surface area contributed by atoms with Crippen LogP contribution in [0.5, 0.6) is 0 Å². The van der Waals surface area contributed by atoms with Crippen LogP contribution in [0.3, 0.4) is 0 Å². The van der Waals surface area contributed by atoms with Crippen molar-refractivity contribution < 1.29 is 14.3 Å². The van der Waals surface area contributed by atoms with Gasteiger partial charge in [0.15, 0.2) is 0 Å². The molecule has 26 heavy (non-hydrogen) atoms. The molecule has 2 heterocycles. The maximum Gasteiger partial charge on any atom is 0.227 e. The third kappa shape index (κ3) is 2.99. The number of aromatic nitrogens is 2. The first-order valence-corrected chi connectivity index (χ1v) is 8.43. The van der Waals surface area contributed by atoms with Gasteiger partial charge in [0, 0.05) is 23.2 Å². The number of aliphatic hydroxyl groups is 1. The Labute approximate surface area is 150 Å². The molecule has 1 aliphatic heterocycles. The van der Waals surface area contributed by atoms with Gasteiger partial charge in [-0.05, 0) is 17.7 Å². The average Bonchev–Trinajstić information content (AvgIpc) is 3.06. The predicted molar refractivity (Wildman–Crippen MR) is 94.3 cm³/mol. The van der Waals surface area contributed by atoms with E-state index in [0.29, 0.717) is 12.1 Å². The minimum absolute atomic E-state index is 0.0458. The standard InChI is InChI=1S/C20H18FN3O2/c21-17-7-2-1-5-15(17)10-24-11-18-16(9-19(24)26)20(23-22-18)14-6-3-4-13(8-14)12-25/h1-8,25H,9-12H2,(H,22,23). The molecule has 0 atom stereocenters. The molecule has 5 nitrogen and oxygen atoms in total. The summed E-state index contributed by atoms with van der Waals surface area (Å²) in [5, 5.41) is 16.7. The fourth-order valence-corrected chi connectivity index (χ4v) is 3.30. The molecule has 2 N–H and O–H groups in total. The summed E-state index contributed by atoms with van der Waals surface area (Å²) in [5.74, 6) is -0.362. The summed E-state index contributed by atoms with van der Waals surface area (Å²) in [6, 6.07) is 14.0. The maximum absolute atomic E-state index is 13.9. The number of halogens is 1. The Morgan fingerprint density at radius 2 is 2.04 bits per heavy atom. The molecular weight excluding hydrogens is 333 g/mol.